The SMILES string of the molecule is CC(C)(C)OC(=O)N1CCN(/C(N)=C/C=C(N)N)CC1. The molecule has 114 valence electrons. The van der Waals surface area contributed by atoms with Gasteiger partial charge in [0.05, 0.1) is 11.6 Å². The number of nitrogens with zero attached hydrogens (tertiary/aromatic N) is 2. The van der Waals surface area contributed by atoms with Crippen LogP contribution in [0.4, 0.5) is 4.79 Å². The molecule has 0 bridgehead atoms. The lowest BCUT2D eigenvalue weighted by Crippen LogP contribution is -2.50. The van der Waals surface area contributed by atoms with E-state index in [-0.39, 0.29) is 11.9 Å². The highest BCUT2D eigenvalue weighted by atomic mass is 16.6. The molecule has 1 fully saturated rings. The standard InChI is InChI=1S/C13H25N5O2/c1-13(2,3)20-12(19)18-8-6-17(7-9-18)11(16)5-4-10(14)15/h4-5H,6-9,14-16H2,1-3H3/b11-5+. The third-order valence-corrected chi connectivity index (χ3v) is 2.74. The van der Waals surface area contributed by atoms with Crippen LogP contribution >= 0.6 is 0 Å². The molecule has 0 saturated carbocycles. The Morgan fingerprint density at radius 1 is 1.00 bits per heavy atom. The number of hydrogen-bond donors (Lipinski definition) is 3. The van der Waals surface area contributed by atoms with Crippen molar-refractivity contribution in [2.45, 2.75) is 26.4 Å². The molecule has 0 aliphatic carbocycles. The fourth-order valence-electron chi connectivity index (χ4n) is 1.76. The molecule has 0 radical (unpaired) electrons. The Morgan fingerprint density at radius 3 is 1.95 bits per heavy atom. The molecule has 7 heteroatoms. The molecule has 0 spiro atoms. The summed E-state index contributed by atoms with van der Waals surface area (Å²) >= 11 is 0. The van der Waals surface area contributed by atoms with Gasteiger partial charge in [0.25, 0.3) is 0 Å². The fourth-order valence-corrected chi connectivity index (χ4v) is 1.76. The van der Waals surface area contributed by atoms with Gasteiger partial charge in [-0.1, -0.05) is 0 Å². The largest absolute Gasteiger partial charge is 0.444 e. The summed E-state index contributed by atoms with van der Waals surface area (Å²) in [7, 11) is 0. The maximum absolute atomic E-state index is 11.9. The second-order valence-corrected chi connectivity index (χ2v) is 5.71. The Morgan fingerprint density at radius 2 is 1.50 bits per heavy atom. The van der Waals surface area contributed by atoms with Crippen LogP contribution in [0.2, 0.25) is 0 Å². The van der Waals surface area contributed by atoms with E-state index in [1.165, 1.54) is 0 Å². The lowest BCUT2D eigenvalue weighted by molar-refractivity contribution is 0.0168. The summed E-state index contributed by atoms with van der Waals surface area (Å²) in [4.78, 5) is 15.6. The van der Waals surface area contributed by atoms with Gasteiger partial charge in [-0.3, -0.25) is 0 Å². The summed E-state index contributed by atoms with van der Waals surface area (Å²) < 4.78 is 5.33. The fraction of sp³-hybridized carbons (Fsp3) is 0.615. The Balaban J connectivity index is 2.50. The summed E-state index contributed by atoms with van der Waals surface area (Å²) in [5.74, 6) is 0.794. The summed E-state index contributed by atoms with van der Waals surface area (Å²) in [5, 5.41) is 0. The number of nitrogens with two attached hydrogens (primary N) is 3. The van der Waals surface area contributed by atoms with Crippen LogP contribution in [0.25, 0.3) is 0 Å². The first-order chi connectivity index (χ1) is 9.19. The smallest absolute Gasteiger partial charge is 0.410 e. The Kier molecular flexibility index (Phi) is 5.12. The Labute approximate surface area is 120 Å². The number of amides is 1. The molecule has 1 heterocycles. The number of rotatable bonds is 2. The molecule has 0 aromatic heterocycles. The predicted octanol–water partition coefficient (Wildman–Crippen LogP) is 0.0980. The van der Waals surface area contributed by atoms with E-state index >= 15 is 0 Å². The van der Waals surface area contributed by atoms with Gasteiger partial charge in [0.1, 0.15) is 5.60 Å². The molecule has 0 aromatic carbocycles. The van der Waals surface area contributed by atoms with E-state index in [1.807, 2.05) is 25.7 Å². The normalized spacial score (nSPS) is 16.9. The lowest BCUT2D eigenvalue weighted by Gasteiger charge is -2.36. The zero-order valence-electron chi connectivity index (χ0n) is 12.4. The van der Waals surface area contributed by atoms with Crippen molar-refractivity contribution in [3.63, 3.8) is 0 Å². The number of piperazine rings is 1. The van der Waals surface area contributed by atoms with E-state index in [0.29, 0.717) is 32.0 Å². The van der Waals surface area contributed by atoms with Gasteiger partial charge in [0, 0.05) is 26.2 Å². The van der Waals surface area contributed by atoms with E-state index < -0.39 is 5.60 Å². The van der Waals surface area contributed by atoms with E-state index in [9.17, 15) is 4.79 Å². The highest BCUT2D eigenvalue weighted by Gasteiger charge is 2.25. The zero-order chi connectivity index (χ0) is 15.3. The minimum Gasteiger partial charge on any atom is -0.444 e. The molecule has 1 amide bonds. The average Bonchev–Trinajstić information content (AvgIpc) is 2.34. The molecule has 6 N–H and O–H groups in total. The first-order valence-corrected chi connectivity index (χ1v) is 6.60. The Hall–Kier alpha value is -2.05. The van der Waals surface area contributed by atoms with Gasteiger partial charge in [-0.2, -0.15) is 0 Å². The van der Waals surface area contributed by atoms with Gasteiger partial charge in [0.15, 0.2) is 0 Å². The van der Waals surface area contributed by atoms with Crippen LogP contribution < -0.4 is 17.2 Å². The van der Waals surface area contributed by atoms with Crippen molar-refractivity contribution in [3.05, 3.63) is 23.8 Å². The van der Waals surface area contributed by atoms with Crippen LogP contribution in [0.15, 0.2) is 23.8 Å². The van der Waals surface area contributed by atoms with Crippen LogP contribution in [0.1, 0.15) is 20.8 Å². The van der Waals surface area contributed by atoms with Gasteiger partial charge >= 0.3 is 6.09 Å². The average molecular weight is 283 g/mol. The highest BCUT2D eigenvalue weighted by molar-refractivity contribution is 5.68. The van der Waals surface area contributed by atoms with Crippen molar-refractivity contribution in [3.8, 4) is 0 Å². The molecule has 1 aliphatic heterocycles. The third kappa shape index (κ3) is 5.29. The minimum absolute atomic E-state index is 0.209. The molecule has 7 nitrogen and oxygen atoms in total. The lowest BCUT2D eigenvalue weighted by atomic mass is 10.2. The van der Waals surface area contributed by atoms with E-state index in [4.69, 9.17) is 21.9 Å². The zero-order valence-corrected chi connectivity index (χ0v) is 12.4. The molecule has 0 atom stereocenters. The second kappa shape index (κ2) is 6.40. The molecular weight excluding hydrogens is 258 g/mol. The number of allylic oxidation sites excluding steroid dienone is 2. The highest BCUT2D eigenvalue weighted by Crippen LogP contribution is 2.12. The minimum atomic E-state index is -0.476. The summed E-state index contributed by atoms with van der Waals surface area (Å²) in [6.45, 7) is 8.01. The van der Waals surface area contributed by atoms with Gasteiger partial charge < -0.3 is 31.7 Å². The van der Waals surface area contributed by atoms with Crippen molar-refractivity contribution in [1.82, 2.24) is 9.80 Å². The second-order valence-electron chi connectivity index (χ2n) is 5.71. The van der Waals surface area contributed by atoms with Crippen molar-refractivity contribution >= 4 is 6.09 Å². The van der Waals surface area contributed by atoms with Gasteiger partial charge in [-0.05, 0) is 32.9 Å². The van der Waals surface area contributed by atoms with Crippen molar-refractivity contribution in [2.24, 2.45) is 17.2 Å². The maximum Gasteiger partial charge on any atom is 0.410 e. The number of hydrogen-bond acceptors (Lipinski definition) is 6. The monoisotopic (exact) mass is 283 g/mol. The quantitative estimate of drug-likeness (QED) is 0.620. The van der Waals surface area contributed by atoms with Gasteiger partial charge in [-0.15, -0.1) is 0 Å². The maximum atomic E-state index is 11.9. The summed E-state index contributed by atoms with van der Waals surface area (Å²) in [5.41, 5.74) is 16.1. The van der Waals surface area contributed by atoms with Crippen LogP contribution in [0.3, 0.4) is 0 Å². The predicted molar refractivity (Wildman–Crippen MR) is 78.1 cm³/mol. The third-order valence-electron chi connectivity index (χ3n) is 2.74. The van der Waals surface area contributed by atoms with Crippen LogP contribution in [-0.2, 0) is 4.74 Å². The van der Waals surface area contributed by atoms with Crippen LogP contribution in [0, 0.1) is 0 Å². The number of carbonyl (C=O) groups is 1. The number of ether oxygens (including phenoxy) is 1. The summed E-state index contributed by atoms with van der Waals surface area (Å²) in [6, 6.07) is 0. The van der Waals surface area contributed by atoms with Crippen molar-refractivity contribution in [1.29, 1.82) is 0 Å². The van der Waals surface area contributed by atoms with E-state index in [0.717, 1.165) is 0 Å². The molecule has 0 unspecified atom stereocenters. The van der Waals surface area contributed by atoms with Crippen molar-refractivity contribution in [2.75, 3.05) is 26.2 Å². The topological polar surface area (TPSA) is 111 Å². The van der Waals surface area contributed by atoms with E-state index in [1.54, 1.807) is 17.1 Å². The molecular formula is C13H25N5O2. The number of carbonyl (C=O) groups excluding carboxylic acids is 1. The molecule has 0 aromatic rings. The molecule has 1 saturated heterocycles. The first-order valence-electron chi connectivity index (χ1n) is 6.60. The molecule has 1 aliphatic rings. The molecule has 20 heavy (non-hydrogen) atoms. The Bertz CT molecular complexity index is 399. The summed E-state index contributed by atoms with van der Waals surface area (Å²) in [6.07, 6.45) is 2.93. The van der Waals surface area contributed by atoms with E-state index in [2.05, 4.69) is 0 Å². The first kappa shape index (κ1) is 16.0. The van der Waals surface area contributed by atoms with Gasteiger partial charge in [-0.25, -0.2) is 4.79 Å². The van der Waals surface area contributed by atoms with Gasteiger partial charge in [0.2, 0.25) is 0 Å². The van der Waals surface area contributed by atoms with Crippen LogP contribution in [0.5, 0.6) is 0 Å². The van der Waals surface area contributed by atoms with Crippen molar-refractivity contribution < 1.29 is 9.53 Å². The molecule has 1 rings (SSSR count). The van der Waals surface area contributed by atoms with Crippen LogP contribution in [-0.4, -0.2) is 47.7 Å².